The molecule has 0 spiro atoms. The van der Waals surface area contributed by atoms with E-state index in [2.05, 4.69) is 36.4 Å². The van der Waals surface area contributed by atoms with Crippen molar-refractivity contribution in [2.75, 3.05) is 7.11 Å². The Morgan fingerprint density at radius 3 is 1.56 bits per heavy atom. The predicted molar refractivity (Wildman–Crippen MR) is 112 cm³/mol. The Morgan fingerprint density at radius 1 is 0.630 bits per heavy atom. The van der Waals surface area contributed by atoms with Crippen molar-refractivity contribution < 1.29 is 4.74 Å². The third-order valence-corrected chi connectivity index (χ3v) is 4.82. The fraction of sp³-hybridized carbons (Fsp3) is 0.0417. The Morgan fingerprint density at radius 2 is 1.07 bits per heavy atom. The Labute approximate surface area is 164 Å². The molecule has 0 atom stereocenters. The first-order valence-corrected chi connectivity index (χ1v) is 9.11. The average molecular weight is 372 g/mol. The molecule has 0 bridgehead atoms. The lowest BCUT2D eigenvalue weighted by Gasteiger charge is -2.19. The quantitative estimate of drug-likeness (QED) is 0.396. The molecule has 0 aliphatic rings. The zero-order chi connectivity index (χ0) is 18.6. The summed E-state index contributed by atoms with van der Waals surface area (Å²) in [5.74, 6) is 0.425. The van der Waals surface area contributed by atoms with E-state index in [0.717, 1.165) is 33.5 Å². The van der Waals surface area contributed by atoms with Crippen molar-refractivity contribution in [3.63, 3.8) is 0 Å². The van der Waals surface area contributed by atoms with Gasteiger partial charge in [-0.15, -0.1) is 0 Å². The molecule has 0 aliphatic heterocycles. The molecule has 0 radical (unpaired) electrons. The number of hydrogen-bond donors (Lipinski definition) is 0. The number of rotatable bonds is 4. The third-order valence-electron chi connectivity index (χ3n) is 4.47. The van der Waals surface area contributed by atoms with Gasteiger partial charge in [0.1, 0.15) is 5.02 Å². The second kappa shape index (κ2) is 7.65. The molecular weight excluding hydrogens is 354 g/mol. The highest BCUT2D eigenvalue weighted by molar-refractivity contribution is 6.35. The highest BCUT2D eigenvalue weighted by atomic mass is 35.5. The van der Waals surface area contributed by atoms with E-state index in [0.29, 0.717) is 10.9 Å². The van der Waals surface area contributed by atoms with Gasteiger partial charge in [0.25, 0.3) is 0 Å². The molecule has 4 aromatic rings. The minimum absolute atomic E-state index is 0.425. The highest BCUT2D eigenvalue weighted by Gasteiger charge is 2.22. The monoisotopic (exact) mass is 371 g/mol. The molecule has 132 valence electrons. The molecule has 0 amide bonds. The number of methoxy groups -OCH3 is 1. The van der Waals surface area contributed by atoms with Crippen LogP contribution in [0.25, 0.3) is 33.5 Å². The summed E-state index contributed by atoms with van der Waals surface area (Å²) in [5, 5.41) is 0.516. The first kappa shape index (κ1) is 17.3. The van der Waals surface area contributed by atoms with Gasteiger partial charge in [-0.3, -0.25) is 0 Å². The molecule has 0 fully saturated rings. The van der Waals surface area contributed by atoms with Crippen molar-refractivity contribution in [3.05, 3.63) is 96.0 Å². The molecule has 0 saturated heterocycles. The van der Waals surface area contributed by atoms with Crippen LogP contribution in [0.5, 0.6) is 5.88 Å². The van der Waals surface area contributed by atoms with Crippen LogP contribution in [0, 0.1) is 0 Å². The Balaban J connectivity index is 2.13. The van der Waals surface area contributed by atoms with E-state index in [1.165, 1.54) is 0 Å². The molecule has 3 aromatic carbocycles. The van der Waals surface area contributed by atoms with E-state index in [1.54, 1.807) is 7.11 Å². The van der Waals surface area contributed by atoms with Crippen LogP contribution >= 0.6 is 11.6 Å². The van der Waals surface area contributed by atoms with Crippen molar-refractivity contribution >= 4 is 11.6 Å². The van der Waals surface area contributed by atoms with Gasteiger partial charge in [0.2, 0.25) is 5.88 Å². The van der Waals surface area contributed by atoms with Crippen molar-refractivity contribution in [2.24, 2.45) is 0 Å². The summed E-state index contributed by atoms with van der Waals surface area (Å²) in [4.78, 5) is 4.77. The zero-order valence-corrected chi connectivity index (χ0v) is 15.6. The summed E-state index contributed by atoms with van der Waals surface area (Å²) in [6.07, 6.45) is 0. The van der Waals surface area contributed by atoms with Gasteiger partial charge >= 0.3 is 0 Å². The van der Waals surface area contributed by atoms with Gasteiger partial charge in [0.05, 0.1) is 12.8 Å². The topological polar surface area (TPSA) is 22.1 Å². The molecule has 27 heavy (non-hydrogen) atoms. The van der Waals surface area contributed by atoms with Crippen molar-refractivity contribution in [3.8, 4) is 39.4 Å². The van der Waals surface area contributed by atoms with Gasteiger partial charge in [-0.25, -0.2) is 4.98 Å². The number of nitrogens with zero attached hydrogens (tertiary/aromatic N) is 1. The number of hydrogen-bond acceptors (Lipinski definition) is 2. The minimum Gasteiger partial charge on any atom is -0.480 e. The highest BCUT2D eigenvalue weighted by Crippen LogP contribution is 2.46. The molecule has 3 heteroatoms. The van der Waals surface area contributed by atoms with Gasteiger partial charge in [0, 0.05) is 16.7 Å². The summed E-state index contributed by atoms with van der Waals surface area (Å²) in [6.45, 7) is 0. The number of pyridine rings is 1. The zero-order valence-electron chi connectivity index (χ0n) is 14.9. The fourth-order valence-electron chi connectivity index (χ4n) is 3.24. The standard InChI is InChI=1S/C24H18ClNO/c1-27-24-22(25)20(17-11-5-2-6-12-17)21(18-13-7-3-8-14-18)23(26-24)19-15-9-4-10-16-19/h2-16H,1H3. The summed E-state index contributed by atoms with van der Waals surface area (Å²) in [5.41, 5.74) is 5.88. The van der Waals surface area contributed by atoms with E-state index in [-0.39, 0.29) is 0 Å². The lowest BCUT2D eigenvalue weighted by Crippen LogP contribution is -1.99. The van der Waals surface area contributed by atoms with E-state index in [9.17, 15) is 0 Å². The SMILES string of the molecule is COc1nc(-c2ccccc2)c(-c2ccccc2)c(-c2ccccc2)c1Cl. The number of aromatic nitrogens is 1. The first-order valence-electron chi connectivity index (χ1n) is 8.73. The molecule has 0 unspecified atom stereocenters. The lowest BCUT2D eigenvalue weighted by molar-refractivity contribution is 0.399. The van der Waals surface area contributed by atoms with E-state index >= 15 is 0 Å². The number of ether oxygens (including phenoxy) is 1. The van der Waals surface area contributed by atoms with Gasteiger partial charge in [-0.1, -0.05) is 103 Å². The minimum atomic E-state index is 0.425. The fourth-order valence-corrected chi connectivity index (χ4v) is 3.57. The molecule has 4 rings (SSSR count). The Kier molecular flexibility index (Phi) is 4.91. The molecule has 0 aliphatic carbocycles. The molecule has 1 aromatic heterocycles. The maximum atomic E-state index is 6.77. The maximum Gasteiger partial charge on any atom is 0.233 e. The summed E-state index contributed by atoms with van der Waals surface area (Å²) in [7, 11) is 1.60. The Bertz CT molecular complexity index is 1050. The summed E-state index contributed by atoms with van der Waals surface area (Å²) >= 11 is 6.77. The summed E-state index contributed by atoms with van der Waals surface area (Å²) < 4.78 is 5.52. The second-order valence-electron chi connectivity index (χ2n) is 6.13. The van der Waals surface area contributed by atoms with Gasteiger partial charge < -0.3 is 4.74 Å². The van der Waals surface area contributed by atoms with Crippen LogP contribution in [0.2, 0.25) is 5.02 Å². The molecule has 2 nitrogen and oxygen atoms in total. The van der Waals surface area contributed by atoms with Crippen molar-refractivity contribution in [2.45, 2.75) is 0 Å². The van der Waals surface area contributed by atoms with Crippen LogP contribution in [0.4, 0.5) is 0 Å². The lowest BCUT2D eigenvalue weighted by atomic mass is 9.91. The van der Waals surface area contributed by atoms with E-state index < -0.39 is 0 Å². The van der Waals surface area contributed by atoms with Gasteiger partial charge in [0.15, 0.2) is 0 Å². The van der Waals surface area contributed by atoms with Gasteiger partial charge in [-0.2, -0.15) is 0 Å². The van der Waals surface area contributed by atoms with Crippen LogP contribution in [0.3, 0.4) is 0 Å². The maximum absolute atomic E-state index is 6.77. The molecule has 0 N–H and O–H groups in total. The van der Waals surface area contributed by atoms with Crippen molar-refractivity contribution in [1.82, 2.24) is 4.98 Å². The number of benzene rings is 3. The van der Waals surface area contributed by atoms with E-state index in [1.807, 2.05) is 54.6 Å². The Hall–Kier alpha value is -3.10. The van der Waals surface area contributed by atoms with Crippen molar-refractivity contribution in [1.29, 1.82) is 0 Å². The van der Waals surface area contributed by atoms with Crippen LogP contribution < -0.4 is 4.74 Å². The van der Waals surface area contributed by atoms with Crippen LogP contribution in [0.15, 0.2) is 91.0 Å². The van der Waals surface area contributed by atoms with Gasteiger partial charge in [-0.05, 0) is 11.1 Å². The third kappa shape index (κ3) is 3.32. The smallest absolute Gasteiger partial charge is 0.233 e. The van der Waals surface area contributed by atoms with E-state index in [4.69, 9.17) is 21.3 Å². The first-order chi connectivity index (χ1) is 13.3. The molecular formula is C24H18ClNO. The predicted octanol–water partition coefficient (Wildman–Crippen LogP) is 6.74. The van der Waals surface area contributed by atoms with Crippen LogP contribution in [-0.2, 0) is 0 Å². The average Bonchev–Trinajstić information content (AvgIpc) is 2.75. The van der Waals surface area contributed by atoms with Crippen LogP contribution in [0.1, 0.15) is 0 Å². The normalized spacial score (nSPS) is 10.6. The largest absolute Gasteiger partial charge is 0.480 e. The molecule has 0 saturated carbocycles. The summed E-state index contributed by atoms with van der Waals surface area (Å²) in [6, 6.07) is 30.5. The molecule has 1 heterocycles. The van der Waals surface area contributed by atoms with Crippen LogP contribution in [-0.4, -0.2) is 12.1 Å². The number of halogens is 1. The second-order valence-corrected chi connectivity index (χ2v) is 6.51.